The van der Waals surface area contributed by atoms with Gasteiger partial charge in [-0.05, 0) is 42.5 Å². The lowest BCUT2D eigenvalue weighted by molar-refractivity contribution is -0.931. The Kier molecular flexibility index (Phi) is 5.85. The highest BCUT2D eigenvalue weighted by Crippen LogP contribution is 2.33. The normalized spacial score (nSPS) is 17.2. The van der Waals surface area contributed by atoms with Gasteiger partial charge in [0.15, 0.2) is 11.5 Å². The summed E-state index contributed by atoms with van der Waals surface area (Å²) in [5.41, 5.74) is 2.18. The van der Waals surface area contributed by atoms with Gasteiger partial charge in [-0.1, -0.05) is 6.92 Å². The smallest absolute Gasteiger partial charge is 0.231 e. The molecule has 2 N–H and O–H groups in total. The van der Waals surface area contributed by atoms with Crippen molar-refractivity contribution in [3.8, 4) is 11.5 Å². The SMILES string of the molecule is CCC(=O)NC[C@@H](c1ccc2c(c1)OCO2)[NH+]1CCN(c2ccc(F)cc2)CC1. The van der Waals surface area contributed by atoms with Gasteiger partial charge in [-0.2, -0.15) is 0 Å². The summed E-state index contributed by atoms with van der Waals surface area (Å²) >= 11 is 0. The molecule has 1 saturated heterocycles. The van der Waals surface area contributed by atoms with Crippen molar-refractivity contribution >= 4 is 11.6 Å². The third-order valence-electron chi connectivity index (χ3n) is 5.71. The summed E-state index contributed by atoms with van der Waals surface area (Å²) in [7, 11) is 0. The molecule has 0 radical (unpaired) electrons. The fourth-order valence-electron chi connectivity index (χ4n) is 4.02. The molecule has 0 unspecified atom stereocenters. The molecule has 1 fully saturated rings. The molecule has 154 valence electrons. The minimum Gasteiger partial charge on any atom is -0.454 e. The van der Waals surface area contributed by atoms with Gasteiger partial charge >= 0.3 is 0 Å². The lowest BCUT2D eigenvalue weighted by Crippen LogP contribution is -3.15. The minimum atomic E-state index is -0.215. The molecule has 0 aliphatic carbocycles. The van der Waals surface area contributed by atoms with Crippen LogP contribution in [0.4, 0.5) is 10.1 Å². The van der Waals surface area contributed by atoms with Crippen LogP contribution in [0.3, 0.4) is 0 Å². The summed E-state index contributed by atoms with van der Waals surface area (Å²) in [6, 6.07) is 12.8. The van der Waals surface area contributed by atoms with Gasteiger partial charge in [-0.25, -0.2) is 4.39 Å². The van der Waals surface area contributed by atoms with Crippen molar-refractivity contribution in [2.24, 2.45) is 0 Å². The van der Waals surface area contributed by atoms with Crippen LogP contribution in [-0.2, 0) is 4.79 Å². The van der Waals surface area contributed by atoms with E-state index in [9.17, 15) is 9.18 Å². The molecule has 0 bridgehead atoms. The Morgan fingerprint density at radius 3 is 2.59 bits per heavy atom. The van der Waals surface area contributed by atoms with Crippen LogP contribution in [0.5, 0.6) is 11.5 Å². The number of carbonyl (C=O) groups is 1. The predicted molar refractivity (Wildman–Crippen MR) is 108 cm³/mol. The third-order valence-corrected chi connectivity index (χ3v) is 5.71. The van der Waals surface area contributed by atoms with E-state index in [2.05, 4.69) is 16.3 Å². The zero-order valence-electron chi connectivity index (χ0n) is 16.6. The van der Waals surface area contributed by atoms with Crippen molar-refractivity contribution in [3.05, 3.63) is 53.8 Å². The number of quaternary nitrogens is 1. The largest absolute Gasteiger partial charge is 0.454 e. The molecule has 0 spiro atoms. The number of anilines is 1. The molecule has 7 heteroatoms. The van der Waals surface area contributed by atoms with Crippen molar-refractivity contribution in [1.82, 2.24) is 5.32 Å². The number of rotatable bonds is 6. The number of piperazine rings is 1. The lowest BCUT2D eigenvalue weighted by Gasteiger charge is -2.38. The number of fused-ring (bicyclic) bond motifs is 1. The number of ether oxygens (including phenoxy) is 2. The van der Waals surface area contributed by atoms with Crippen molar-refractivity contribution in [1.29, 1.82) is 0 Å². The molecule has 1 amide bonds. The Hall–Kier alpha value is -2.80. The number of benzene rings is 2. The molecule has 2 aromatic rings. The third kappa shape index (κ3) is 4.45. The molecule has 2 aliphatic rings. The van der Waals surface area contributed by atoms with Crippen molar-refractivity contribution in [2.45, 2.75) is 19.4 Å². The molecule has 1 atom stereocenters. The van der Waals surface area contributed by atoms with Gasteiger partial charge in [0, 0.05) is 17.7 Å². The van der Waals surface area contributed by atoms with Crippen LogP contribution in [0.1, 0.15) is 24.9 Å². The first kappa shape index (κ1) is 19.5. The first-order valence-corrected chi connectivity index (χ1v) is 10.2. The number of hydrogen-bond donors (Lipinski definition) is 2. The highest BCUT2D eigenvalue weighted by atomic mass is 19.1. The van der Waals surface area contributed by atoms with Gasteiger partial charge in [0.2, 0.25) is 12.7 Å². The average Bonchev–Trinajstić information content (AvgIpc) is 3.23. The van der Waals surface area contributed by atoms with Gasteiger partial charge in [-0.15, -0.1) is 0 Å². The standard InChI is InChI=1S/C22H26FN3O3/c1-2-22(27)24-14-19(16-3-8-20-21(13-16)29-15-28-20)26-11-9-25(10-12-26)18-6-4-17(23)5-7-18/h3-8,13,19H,2,9-12,14-15H2,1H3,(H,24,27)/p+1/t19-/m0/s1. The molecule has 29 heavy (non-hydrogen) atoms. The van der Waals surface area contributed by atoms with Gasteiger partial charge in [0.25, 0.3) is 0 Å². The van der Waals surface area contributed by atoms with Crippen LogP contribution in [0.25, 0.3) is 0 Å². The Balaban J connectivity index is 1.48. The Morgan fingerprint density at radius 1 is 1.14 bits per heavy atom. The lowest BCUT2D eigenvalue weighted by atomic mass is 10.0. The maximum atomic E-state index is 13.2. The summed E-state index contributed by atoms with van der Waals surface area (Å²) in [6.45, 7) is 6.31. The van der Waals surface area contributed by atoms with E-state index in [0.29, 0.717) is 13.0 Å². The maximum absolute atomic E-state index is 13.2. The van der Waals surface area contributed by atoms with Gasteiger partial charge < -0.3 is 24.6 Å². The Morgan fingerprint density at radius 2 is 1.86 bits per heavy atom. The zero-order valence-corrected chi connectivity index (χ0v) is 16.6. The van der Waals surface area contributed by atoms with Crippen LogP contribution in [0.2, 0.25) is 0 Å². The Bertz CT molecular complexity index is 851. The second kappa shape index (κ2) is 8.69. The molecule has 2 aromatic carbocycles. The molecule has 0 saturated carbocycles. The maximum Gasteiger partial charge on any atom is 0.231 e. The van der Waals surface area contributed by atoms with Crippen LogP contribution in [0.15, 0.2) is 42.5 Å². The minimum absolute atomic E-state index is 0.0556. The number of amides is 1. The van der Waals surface area contributed by atoms with Crippen LogP contribution >= 0.6 is 0 Å². The number of nitrogens with one attached hydrogen (secondary N) is 2. The number of nitrogens with zero attached hydrogens (tertiary/aromatic N) is 1. The van der Waals surface area contributed by atoms with Crippen LogP contribution < -0.4 is 24.6 Å². The van der Waals surface area contributed by atoms with E-state index in [1.54, 1.807) is 0 Å². The second-order valence-corrected chi connectivity index (χ2v) is 7.44. The molecule has 0 aromatic heterocycles. The first-order chi connectivity index (χ1) is 14.1. The van der Waals surface area contributed by atoms with Gasteiger partial charge in [-0.3, -0.25) is 4.79 Å². The summed E-state index contributed by atoms with van der Waals surface area (Å²) in [6.07, 6.45) is 0.474. The molecular formula is C22H27FN3O3+. The predicted octanol–water partition coefficient (Wildman–Crippen LogP) is 1.53. The first-order valence-electron chi connectivity index (χ1n) is 10.2. The van der Waals surface area contributed by atoms with Crippen molar-refractivity contribution in [2.75, 3.05) is 44.4 Å². The molecule has 6 nitrogen and oxygen atoms in total. The van der Waals surface area contributed by atoms with E-state index in [1.807, 2.05) is 31.2 Å². The highest BCUT2D eigenvalue weighted by molar-refractivity contribution is 5.75. The summed E-state index contributed by atoms with van der Waals surface area (Å²) in [5, 5.41) is 3.06. The quantitative estimate of drug-likeness (QED) is 0.772. The Labute approximate surface area is 170 Å². The molecule has 4 rings (SSSR count). The monoisotopic (exact) mass is 400 g/mol. The molecule has 2 heterocycles. The van der Waals surface area contributed by atoms with E-state index in [0.717, 1.165) is 48.9 Å². The van der Waals surface area contributed by atoms with Gasteiger partial charge in [0.05, 0.1) is 32.7 Å². The fraction of sp³-hybridized carbons (Fsp3) is 0.409. The zero-order chi connectivity index (χ0) is 20.2. The average molecular weight is 400 g/mol. The highest BCUT2D eigenvalue weighted by Gasteiger charge is 2.30. The fourth-order valence-corrected chi connectivity index (χ4v) is 4.02. The molecule has 2 aliphatic heterocycles. The van der Waals surface area contributed by atoms with E-state index < -0.39 is 0 Å². The summed E-state index contributed by atoms with van der Waals surface area (Å²) in [5.74, 6) is 1.37. The van der Waals surface area contributed by atoms with Crippen molar-refractivity contribution in [3.63, 3.8) is 0 Å². The summed E-state index contributed by atoms with van der Waals surface area (Å²) < 4.78 is 24.2. The number of hydrogen-bond acceptors (Lipinski definition) is 4. The second-order valence-electron chi connectivity index (χ2n) is 7.44. The van der Waals surface area contributed by atoms with Crippen LogP contribution in [-0.4, -0.2) is 45.4 Å². The number of carbonyl (C=O) groups excluding carboxylic acids is 1. The topological polar surface area (TPSA) is 55.2 Å². The van der Waals surface area contributed by atoms with Crippen LogP contribution in [0, 0.1) is 5.82 Å². The van der Waals surface area contributed by atoms with E-state index in [-0.39, 0.29) is 24.6 Å². The number of halogens is 1. The van der Waals surface area contributed by atoms with E-state index in [1.165, 1.54) is 17.0 Å². The molecular weight excluding hydrogens is 373 g/mol. The van der Waals surface area contributed by atoms with Crippen molar-refractivity contribution < 1.29 is 23.6 Å². The van der Waals surface area contributed by atoms with E-state index >= 15 is 0 Å². The van der Waals surface area contributed by atoms with Gasteiger partial charge in [0.1, 0.15) is 11.9 Å². The summed E-state index contributed by atoms with van der Waals surface area (Å²) in [4.78, 5) is 15.6. The van der Waals surface area contributed by atoms with E-state index in [4.69, 9.17) is 9.47 Å².